The molecular weight excluding hydrogens is 1020 g/mol. The van der Waals surface area contributed by atoms with Crippen LogP contribution in [0.1, 0.15) is 290 Å². The molecule has 0 N–H and O–H groups in total. The Bertz CT molecular complexity index is 1840. The van der Waals surface area contributed by atoms with Crippen molar-refractivity contribution in [2.24, 2.45) is 0 Å². The maximum absolute atomic E-state index is 12.9. The number of unbranched alkanes of at least 4 members (excludes halogenated alkanes) is 23. The van der Waals surface area contributed by atoms with Gasteiger partial charge in [-0.2, -0.15) is 0 Å². The summed E-state index contributed by atoms with van der Waals surface area (Å²) in [7, 11) is 0. The molecule has 1 atom stereocenters. The number of hydrogen-bond acceptors (Lipinski definition) is 6. The second kappa shape index (κ2) is 69.5. The predicted molar refractivity (Wildman–Crippen MR) is 362 cm³/mol. The summed E-state index contributed by atoms with van der Waals surface area (Å²) in [4.78, 5) is 38.4. The molecule has 0 heterocycles. The molecule has 0 bridgehead atoms. The van der Waals surface area contributed by atoms with E-state index in [-0.39, 0.29) is 31.6 Å². The van der Waals surface area contributed by atoms with Gasteiger partial charge in [-0.3, -0.25) is 14.4 Å². The zero-order valence-electron chi connectivity index (χ0n) is 53.7. The van der Waals surface area contributed by atoms with Crippen LogP contribution in [-0.4, -0.2) is 37.2 Å². The molecule has 468 valence electrons. The minimum Gasteiger partial charge on any atom is -0.462 e. The maximum Gasteiger partial charge on any atom is 0.306 e. The van der Waals surface area contributed by atoms with Gasteiger partial charge in [0.25, 0.3) is 0 Å². The van der Waals surface area contributed by atoms with E-state index >= 15 is 0 Å². The van der Waals surface area contributed by atoms with Crippen LogP contribution in [-0.2, 0) is 28.6 Å². The maximum atomic E-state index is 12.9. The number of ether oxygens (including phenoxy) is 3. The molecule has 0 aromatic carbocycles. The number of allylic oxidation sites excluding steroid dienone is 26. The van der Waals surface area contributed by atoms with E-state index in [0.717, 1.165) is 122 Å². The van der Waals surface area contributed by atoms with Crippen LogP contribution in [0.25, 0.3) is 0 Å². The van der Waals surface area contributed by atoms with Crippen molar-refractivity contribution >= 4 is 17.9 Å². The lowest BCUT2D eigenvalue weighted by atomic mass is 10.1. The Balaban J connectivity index is 4.49. The Kier molecular flexibility index (Phi) is 65.4. The van der Waals surface area contributed by atoms with Gasteiger partial charge in [-0.05, 0) is 135 Å². The first-order valence-corrected chi connectivity index (χ1v) is 34.0. The molecule has 0 aliphatic heterocycles. The number of carbonyl (C=O) groups excluding carboxylic acids is 3. The molecule has 0 aliphatic carbocycles. The van der Waals surface area contributed by atoms with E-state index in [9.17, 15) is 14.4 Å². The Morgan fingerprint density at radius 2 is 0.494 bits per heavy atom. The fraction of sp³-hybridized carbons (Fsp3) is 0.623. The van der Waals surface area contributed by atoms with Crippen molar-refractivity contribution in [3.8, 4) is 0 Å². The van der Waals surface area contributed by atoms with Gasteiger partial charge < -0.3 is 14.2 Å². The predicted octanol–water partition coefficient (Wildman–Crippen LogP) is 23.7. The minimum absolute atomic E-state index is 0.117. The largest absolute Gasteiger partial charge is 0.462 e. The molecule has 0 fully saturated rings. The topological polar surface area (TPSA) is 78.9 Å². The monoisotopic (exact) mass is 1140 g/mol. The summed E-state index contributed by atoms with van der Waals surface area (Å²) in [5, 5.41) is 0. The summed E-state index contributed by atoms with van der Waals surface area (Å²) in [5.74, 6) is -1.01. The molecular formula is C77H124O6. The summed E-state index contributed by atoms with van der Waals surface area (Å²) in [6.07, 6.45) is 101. The summed E-state index contributed by atoms with van der Waals surface area (Å²) >= 11 is 0. The van der Waals surface area contributed by atoms with Gasteiger partial charge in [0.05, 0.1) is 0 Å². The normalized spacial score (nSPS) is 13.1. The van der Waals surface area contributed by atoms with Crippen LogP contribution in [0.2, 0.25) is 0 Å². The molecule has 1 unspecified atom stereocenters. The van der Waals surface area contributed by atoms with E-state index in [4.69, 9.17) is 14.2 Å². The zero-order valence-corrected chi connectivity index (χ0v) is 53.7. The smallest absolute Gasteiger partial charge is 0.306 e. The Morgan fingerprint density at radius 1 is 0.253 bits per heavy atom. The third-order valence-electron chi connectivity index (χ3n) is 14.0. The SMILES string of the molecule is CC/C=C\C/C=C\C/C=C\C/C=C\C/C=C\C/C=C\CCCCCCCCCCC(=O)OCC(COC(=O)CCCCCCCCCCC/C=C\CCCCCCCC)OC(=O)CC/C=C\C/C=C\C/C=C\C/C=C\C/C=C\C/C=C\CC. The third-order valence-corrected chi connectivity index (χ3v) is 14.0. The van der Waals surface area contributed by atoms with Crippen molar-refractivity contribution in [3.05, 3.63) is 158 Å². The fourth-order valence-corrected chi connectivity index (χ4v) is 9.00. The van der Waals surface area contributed by atoms with Crippen molar-refractivity contribution in [2.45, 2.75) is 297 Å². The first-order chi connectivity index (χ1) is 41.0. The van der Waals surface area contributed by atoms with Crippen LogP contribution >= 0.6 is 0 Å². The van der Waals surface area contributed by atoms with Crippen molar-refractivity contribution < 1.29 is 28.6 Å². The van der Waals surface area contributed by atoms with E-state index in [2.05, 4.69) is 173 Å². The quantitative estimate of drug-likeness (QED) is 0.0261. The zero-order chi connectivity index (χ0) is 59.9. The summed E-state index contributed by atoms with van der Waals surface area (Å²) < 4.78 is 16.9. The Hall–Kier alpha value is -4.97. The average Bonchev–Trinajstić information content (AvgIpc) is 3.50. The first kappa shape index (κ1) is 78.0. The number of hydrogen-bond donors (Lipinski definition) is 0. The Morgan fingerprint density at radius 3 is 0.795 bits per heavy atom. The number of carbonyl (C=O) groups is 3. The van der Waals surface area contributed by atoms with Gasteiger partial charge >= 0.3 is 17.9 Å². The summed E-state index contributed by atoms with van der Waals surface area (Å²) in [6, 6.07) is 0. The molecule has 0 saturated heterocycles. The molecule has 0 spiro atoms. The molecule has 0 rings (SSSR count). The second-order valence-electron chi connectivity index (χ2n) is 22.0. The highest BCUT2D eigenvalue weighted by atomic mass is 16.6. The molecule has 0 aromatic rings. The van der Waals surface area contributed by atoms with Crippen molar-refractivity contribution in [2.75, 3.05) is 13.2 Å². The van der Waals surface area contributed by atoms with Gasteiger partial charge in [-0.25, -0.2) is 0 Å². The van der Waals surface area contributed by atoms with Gasteiger partial charge in [-0.15, -0.1) is 0 Å². The van der Waals surface area contributed by atoms with E-state index in [1.807, 2.05) is 6.08 Å². The highest BCUT2D eigenvalue weighted by molar-refractivity contribution is 5.71. The van der Waals surface area contributed by atoms with E-state index in [0.29, 0.717) is 19.3 Å². The fourth-order valence-electron chi connectivity index (χ4n) is 9.00. The Labute approximate surface area is 511 Å². The summed E-state index contributed by atoms with van der Waals surface area (Å²) in [5.41, 5.74) is 0. The standard InChI is InChI=1S/C77H124O6/c1-4-7-10-13-16-19-22-25-28-31-34-35-36-37-38-39-40-41-44-46-49-52-55-58-61-64-67-70-76(79)82-73-74(83-77(80)71-68-65-62-59-56-53-50-47-43-33-30-27-24-21-18-15-12-9-6-3)72-81-75(78)69-66-63-60-57-54-51-48-45-42-32-29-26-23-20-17-14-11-8-5-2/h7,9-10,12,16,18-19,21,25-30,34-35,37-38,40-41,43,47,53,56,62,65,74H,4-6,8,11,13-15,17,20,22-24,31-33,36,39,42,44-46,48-52,54-55,57-61,63-64,66-73H2,1-3H3/b10-7-,12-9-,19-16-,21-18-,28-25-,29-26-,30-27-,35-34-,38-37-,41-40-,47-43-,56-53-,65-62-. The van der Waals surface area contributed by atoms with Gasteiger partial charge in [0.15, 0.2) is 6.10 Å². The van der Waals surface area contributed by atoms with Crippen LogP contribution in [0.15, 0.2) is 158 Å². The third kappa shape index (κ3) is 67.7. The van der Waals surface area contributed by atoms with E-state index in [1.165, 1.54) is 122 Å². The number of esters is 3. The van der Waals surface area contributed by atoms with Crippen LogP contribution < -0.4 is 0 Å². The van der Waals surface area contributed by atoms with Gasteiger partial charge in [0, 0.05) is 19.3 Å². The lowest BCUT2D eigenvalue weighted by Gasteiger charge is -2.18. The average molecular weight is 1150 g/mol. The highest BCUT2D eigenvalue weighted by Gasteiger charge is 2.19. The number of rotatable bonds is 60. The van der Waals surface area contributed by atoms with Crippen LogP contribution in [0.3, 0.4) is 0 Å². The molecule has 0 saturated carbocycles. The van der Waals surface area contributed by atoms with E-state index < -0.39 is 12.1 Å². The molecule has 6 nitrogen and oxygen atoms in total. The molecule has 6 heteroatoms. The molecule has 0 amide bonds. The van der Waals surface area contributed by atoms with E-state index in [1.54, 1.807) is 0 Å². The van der Waals surface area contributed by atoms with Crippen molar-refractivity contribution in [1.29, 1.82) is 0 Å². The van der Waals surface area contributed by atoms with Gasteiger partial charge in [0.1, 0.15) is 13.2 Å². The first-order valence-electron chi connectivity index (χ1n) is 34.0. The molecule has 0 radical (unpaired) electrons. The van der Waals surface area contributed by atoms with Crippen molar-refractivity contribution in [1.82, 2.24) is 0 Å². The molecule has 0 aliphatic rings. The van der Waals surface area contributed by atoms with Crippen molar-refractivity contribution in [3.63, 3.8) is 0 Å². The lowest BCUT2D eigenvalue weighted by Crippen LogP contribution is -2.30. The molecule has 0 aromatic heterocycles. The highest BCUT2D eigenvalue weighted by Crippen LogP contribution is 2.15. The lowest BCUT2D eigenvalue weighted by molar-refractivity contribution is -0.166. The molecule has 83 heavy (non-hydrogen) atoms. The van der Waals surface area contributed by atoms with Crippen LogP contribution in [0, 0.1) is 0 Å². The van der Waals surface area contributed by atoms with Crippen LogP contribution in [0.4, 0.5) is 0 Å². The van der Waals surface area contributed by atoms with Gasteiger partial charge in [-0.1, -0.05) is 294 Å². The summed E-state index contributed by atoms with van der Waals surface area (Å²) in [6.45, 7) is 6.35. The van der Waals surface area contributed by atoms with Crippen LogP contribution in [0.5, 0.6) is 0 Å². The second-order valence-corrected chi connectivity index (χ2v) is 22.0. The minimum atomic E-state index is -0.832. The van der Waals surface area contributed by atoms with Gasteiger partial charge in [0.2, 0.25) is 0 Å².